The van der Waals surface area contributed by atoms with Gasteiger partial charge in [-0.25, -0.2) is 4.98 Å². The molecule has 0 aliphatic carbocycles. The molecule has 0 amide bonds. The van der Waals surface area contributed by atoms with Crippen LogP contribution in [0.2, 0.25) is 0 Å². The number of piperidine rings is 1. The maximum absolute atomic E-state index is 4.65. The molecule has 0 unspecified atom stereocenters. The number of fused-ring (bicyclic) bond motifs is 2. The molecule has 176 valence electrons. The van der Waals surface area contributed by atoms with Crippen LogP contribution in [0.15, 0.2) is 61.3 Å². The van der Waals surface area contributed by atoms with E-state index in [-0.39, 0.29) is 0 Å². The number of hydrogen-bond acceptors (Lipinski definition) is 6. The van der Waals surface area contributed by atoms with Crippen LogP contribution in [0.5, 0.6) is 0 Å². The van der Waals surface area contributed by atoms with Crippen LogP contribution >= 0.6 is 0 Å². The van der Waals surface area contributed by atoms with Gasteiger partial charge >= 0.3 is 0 Å². The van der Waals surface area contributed by atoms with Crippen molar-refractivity contribution in [1.29, 1.82) is 0 Å². The lowest BCUT2D eigenvalue weighted by Gasteiger charge is -2.29. The highest BCUT2D eigenvalue weighted by molar-refractivity contribution is 5.99. The zero-order valence-electron chi connectivity index (χ0n) is 19.8. The van der Waals surface area contributed by atoms with Gasteiger partial charge in [0.25, 0.3) is 0 Å². The number of pyridine rings is 3. The van der Waals surface area contributed by atoms with Crippen LogP contribution in [0.4, 0.5) is 11.4 Å². The first kappa shape index (κ1) is 21.3. The van der Waals surface area contributed by atoms with Gasteiger partial charge in [-0.1, -0.05) is 13.5 Å². The van der Waals surface area contributed by atoms with Crippen molar-refractivity contribution in [3.8, 4) is 22.6 Å². The summed E-state index contributed by atoms with van der Waals surface area (Å²) in [4.78, 5) is 19.6. The molecule has 0 spiro atoms. The van der Waals surface area contributed by atoms with Crippen LogP contribution in [0, 0.1) is 0 Å². The molecule has 1 saturated heterocycles. The number of H-pyrrole nitrogens is 2. The van der Waals surface area contributed by atoms with E-state index in [1.165, 1.54) is 24.9 Å². The fourth-order valence-electron chi connectivity index (χ4n) is 4.77. The molecule has 8 heteroatoms. The molecule has 6 heterocycles. The van der Waals surface area contributed by atoms with Crippen molar-refractivity contribution in [2.24, 2.45) is 0 Å². The van der Waals surface area contributed by atoms with Crippen LogP contribution in [0.1, 0.15) is 32.6 Å². The topological polar surface area (TPSA) is 98.4 Å². The molecule has 35 heavy (non-hydrogen) atoms. The van der Waals surface area contributed by atoms with Gasteiger partial charge in [0.2, 0.25) is 0 Å². The second-order valence-corrected chi connectivity index (χ2v) is 9.05. The zero-order valence-corrected chi connectivity index (χ0v) is 19.8. The Morgan fingerprint density at radius 2 is 1.94 bits per heavy atom. The Hall–Kier alpha value is -4.20. The summed E-state index contributed by atoms with van der Waals surface area (Å²) in [6.45, 7) is 8.27. The molecule has 1 fully saturated rings. The SMILES string of the molecule is C=C(CC)Nc1cncc(-c2cc3c(-c4cc5c(N6CCCCC6)ccnc5[nH]4)n[nH]c3cn2)c1. The summed E-state index contributed by atoms with van der Waals surface area (Å²) in [6, 6.07) is 8.40. The van der Waals surface area contributed by atoms with Crippen molar-refractivity contribution in [2.45, 2.75) is 32.6 Å². The smallest absolute Gasteiger partial charge is 0.139 e. The monoisotopic (exact) mass is 464 g/mol. The minimum atomic E-state index is 0.835. The second-order valence-electron chi connectivity index (χ2n) is 9.05. The molecule has 5 aromatic heterocycles. The Labute approximate surface area is 203 Å². The first-order valence-corrected chi connectivity index (χ1v) is 12.2. The number of hydrogen-bond donors (Lipinski definition) is 3. The minimum absolute atomic E-state index is 0.835. The maximum Gasteiger partial charge on any atom is 0.139 e. The largest absolute Gasteiger partial charge is 0.371 e. The molecule has 3 N–H and O–H groups in total. The summed E-state index contributed by atoms with van der Waals surface area (Å²) in [7, 11) is 0. The third kappa shape index (κ3) is 4.01. The Kier molecular flexibility index (Phi) is 5.41. The van der Waals surface area contributed by atoms with Gasteiger partial charge in [-0.05, 0) is 49.9 Å². The van der Waals surface area contributed by atoms with Gasteiger partial charge in [-0.2, -0.15) is 5.10 Å². The number of anilines is 2. The van der Waals surface area contributed by atoms with Gasteiger partial charge in [0.05, 0.1) is 35.0 Å². The zero-order chi connectivity index (χ0) is 23.8. The second kappa shape index (κ2) is 8.87. The van der Waals surface area contributed by atoms with Crippen LogP contribution in [-0.2, 0) is 0 Å². The maximum atomic E-state index is 4.65. The van der Waals surface area contributed by atoms with Gasteiger partial charge in [0, 0.05) is 53.2 Å². The Morgan fingerprint density at radius 3 is 2.80 bits per heavy atom. The average Bonchev–Trinajstić information content (AvgIpc) is 3.53. The van der Waals surface area contributed by atoms with E-state index in [4.69, 9.17) is 0 Å². The highest BCUT2D eigenvalue weighted by Crippen LogP contribution is 2.34. The van der Waals surface area contributed by atoms with Crippen molar-refractivity contribution < 1.29 is 0 Å². The predicted octanol–water partition coefficient (Wildman–Crippen LogP) is 5.89. The molecule has 6 rings (SSSR count). The van der Waals surface area contributed by atoms with E-state index in [2.05, 4.69) is 72.1 Å². The lowest BCUT2D eigenvalue weighted by Crippen LogP contribution is -2.29. The van der Waals surface area contributed by atoms with Gasteiger partial charge in [-0.15, -0.1) is 0 Å². The Balaban J connectivity index is 1.39. The standard InChI is InChI=1S/C27H28N8/c1-3-17(2)31-19-11-18(14-28-15-19)22-12-20-24(16-30-22)33-34-26(20)23-13-21-25(7-8-29-27(21)32-23)35-9-5-4-6-10-35/h7-8,11-16,31H,2-6,9-10H2,1H3,(H,29,32)(H,33,34). The van der Waals surface area contributed by atoms with Gasteiger partial charge in [0.15, 0.2) is 0 Å². The lowest BCUT2D eigenvalue weighted by molar-refractivity contribution is 0.579. The normalized spacial score (nSPS) is 14.0. The summed E-state index contributed by atoms with van der Waals surface area (Å²) in [5, 5.41) is 13.2. The molecule has 1 aliphatic rings. The molecule has 8 nitrogen and oxygen atoms in total. The molecule has 1 aliphatic heterocycles. The number of aromatic amines is 2. The molecule has 0 radical (unpaired) electrons. The van der Waals surface area contributed by atoms with Crippen molar-refractivity contribution in [3.63, 3.8) is 0 Å². The van der Waals surface area contributed by atoms with Gasteiger partial charge < -0.3 is 15.2 Å². The van der Waals surface area contributed by atoms with Crippen LogP contribution < -0.4 is 10.2 Å². The van der Waals surface area contributed by atoms with Crippen molar-refractivity contribution >= 4 is 33.3 Å². The highest BCUT2D eigenvalue weighted by atomic mass is 15.1. The number of nitrogens with zero attached hydrogens (tertiary/aromatic N) is 5. The number of rotatable bonds is 6. The van der Waals surface area contributed by atoms with Crippen molar-refractivity contribution in [1.82, 2.24) is 30.1 Å². The molecule has 0 bridgehead atoms. The minimum Gasteiger partial charge on any atom is -0.371 e. The molecule has 0 aromatic carbocycles. The molecule has 0 saturated carbocycles. The summed E-state index contributed by atoms with van der Waals surface area (Å²) in [5.74, 6) is 0. The fourth-order valence-corrected chi connectivity index (χ4v) is 4.77. The summed E-state index contributed by atoms with van der Waals surface area (Å²) in [6.07, 6.45) is 12.0. The van der Waals surface area contributed by atoms with Crippen LogP contribution in [0.3, 0.4) is 0 Å². The Morgan fingerprint density at radius 1 is 1.06 bits per heavy atom. The van der Waals surface area contributed by atoms with E-state index in [1.54, 1.807) is 6.20 Å². The number of allylic oxidation sites excluding steroid dienone is 1. The quantitative estimate of drug-likeness (QED) is 0.290. The summed E-state index contributed by atoms with van der Waals surface area (Å²) >= 11 is 0. The predicted molar refractivity (Wildman–Crippen MR) is 141 cm³/mol. The van der Waals surface area contributed by atoms with E-state index >= 15 is 0 Å². The third-order valence-corrected chi connectivity index (χ3v) is 6.69. The van der Waals surface area contributed by atoms with E-state index in [1.807, 2.05) is 24.7 Å². The van der Waals surface area contributed by atoms with E-state index in [0.717, 1.165) is 75.5 Å². The lowest BCUT2D eigenvalue weighted by atomic mass is 10.1. The number of aromatic nitrogens is 6. The fraction of sp³-hybridized carbons (Fsp3) is 0.259. The molecular formula is C27H28N8. The first-order valence-electron chi connectivity index (χ1n) is 12.2. The first-order chi connectivity index (χ1) is 17.2. The molecule has 0 atom stereocenters. The highest BCUT2D eigenvalue weighted by Gasteiger charge is 2.18. The van der Waals surface area contributed by atoms with Gasteiger partial charge in [-0.3, -0.25) is 15.1 Å². The summed E-state index contributed by atoms with van der Waals surface area (Å²) in [5.41, 5.74) is 8.40. The van der Waals surface area contributed by atoms with Gasteiger partial charge in [0.1, 0.15) is 11.3 Å². The van der Waals surface area contributed by atoms with Crippen LogP contribution in [-0.4, -0.2) is 43.2 Å². The molecular weight excluding hydrogens is 436 g/mol. The average molecular weight is 465 g/mol. The van der Waals surface area contributed by atoms with Crippen molar-refractivity contribution in [2.75, 3.05) is 23.3 Å². The van der Waals surface area contributed by atoms with E-state index in [9.17, 15) is 0 Å². The van der Waals surface area contributed by atoms with Crippen molar-refractivity contribution in [3.05, 3.63) is 61.3 Å². The van der Waals surface area contributed by atoms with E-state index in [0.29, 0.717) is 0 Å². The van der Waals surface area contributed by atoms with E-state index < -0.39 is 0 Å². The Bertz CT molecular complexity index is 1520. The molecule has 5 aromatic rings. The summed E-state index contributed by atoms with van der Waals surface area (Å²) < 4.78 is 0. The third-order valence-electron chi connectivity index (χ3n) is 6.69. The van der Waals surface area contributed by atoms with Crippen LogP contribution in [0.25, 0.3) is 44.6 Å². The number of nitrogens with one attached hydrogen (secondary N) is 3.